The lowest BCUT2D eigenvalue weighted by Gasteiger charge is -2.14. The van der Waals surface area contributed by atoms with Crippen LogP contribution in [0, 0.1) is 36.5 Å². The van der Waals surface area contributed by atoms with Crippen molar-refractivity contribution in [1.29, 1.82) is 10.5 Å². The van der Waals surface area contributed by atoms with E-state index in [-0.39, 0.29) is 29.3 Å². The van der Waals surface area contributed by atoms with Crippen LogP contribution in [0.2, 0.25) is 0 Å². The maximum Gasteiger partial charge on any atom is 0.229 e. The number of nitrogens with zero attached hydrogens (tertiary/aromatic N) is 4. The summed E-state index contributed by atoms with van der Waals surface area (Å²) in [4.78, 5) is 8.45. The number of hydrogen-bond donors (Lipinski definition) is 2. The molecular weight excluding hydrogens is 348 g/mol. The molecule has 0 saturated carbocycles. The van der Waals surface area contributed by atoms with Crippen molar-refractivity contribution in [3.63, 3.8) is 0 Å². The average molecular weight is 370 g/mol. The Balaban J connectivity index is 1.92. The van der Waals surface area contributed by atoms with Gasteiger partial charge in [-0.2, -0.15) is 15.5 Å². The van der Waals surface area contributed by atoms with Gasteiger partial charge in [0.15, 0.2) is 0 Å². The van der Waals surface area contributed by atoms with E-state index in [9.17, 15) is 0 Å². The van der Waals surface area contributed by atoms with Gasteiger partial charge in [0.05, 0.1) is 23.2 Å². The highest BCUT2D eigenvalue weighted by molar-refractivity contribution is 5.69. The van der Waals surface area contributed by atoms with Crippen LogP contribution in [0.5, 0.6) is 0 Å². The van der Waals surface area contributed by atoms with Crippen LogP contribution >= 0.6 is 0 Å². The van der Waals surface area contributed by atoms with Gasteiger partial charge in [-0.05, 0) is 79.0 Å². The number of nitriles is 2. The van der Waals surface area contributed by atoms with Crippen LogP contribution in [0.3, 0.4) is 0 Å². The Hall–Kier alpha value is -4.16. The zero-order valence-corrected chi connectivity index (χ0v) is 15.3. The molecule has 0 spiro atoms. The lowest BCUT2D eigenvalue weighted by molar-refractivity contribution is 1.16. The number of anilines is 4. The fourth-order valence-electron chi connectivity index (χ4n) is 2.58. The number of allylic oxidation sites excluding steroid dienone is 1. The van der Waals surface area contributed by atoms with Gasteiger partial charge in [-0.1, -0.05) is 0 Å². The molecule has 0 aliphatic rings. The Bertz CT molecular complexity index is 1270. The minimum Gasteiger partial charge on any atom is -0.340 e. The van der Waals surface area contributed by atoms with Crippen molar-refractivity contribution in [2.45, 2.75) is 13.8 Å². The largest absolute Gasteiger partial charge is 0.340 e. The van der Waals surface area contributed by atoms with Gasteiger partial charge in [-0.15, -0.1) is 0 Å². The molecular formula is C22H18N6. The van der Waals surface area contributed by atoms with Crippen LogP contribution in [0.25, 0.3) is 6.08 Å². The van der Waals surface area contributed by atoms with Crippen molar-refractivity contribution in [3.05, 3.63) is 76.9 Å². The van der Waals surface area contributed by atoms with Crippen molar-refractivity contribution < 1.29 is 5.48 Å². The van der Waals surface area contributed by atoms with Gasteiger partial charge < -0.3 is 10.6 Å². The summed E-state index contributed by atoms with van der Waals surface area (Å²) in [5, 5.41) is 23.8. The monoisotopic (exact) mass is 370 g/mol. The second kappa shape index (κ2) is 8.48. The second-order valence-corrected chi connectivity index (χ2v) is 5.87. The molecule has 0 atom stereocenters. The Morgan fingerprint density at radius 1 is 1.07 bits per heavy atom. The molecule has 0 aliphatic heterocycles. The summed E-state index contributed by atoms with van der Waals surface area (Å²) in [6.07, 6.45) is 4.64. The summed E-state index contributed by atoms with van der Waals surface area (Å²) in [5.41, 5.74) is 3.20. The minimum atomic E-state index is -0.429. The molecule has 0 amide bonds. The highest BCUT2D eigenvalue weighted by Crippen LogP contribution is 2.26. The van der Waals surface area contributed by atoms with E-state index in [1.807, 2.05) is 32.0 Å². The molecule has 0 unspecified atom stereocenters. The fourth-order valence-corrected chi connectivity index (χ4v) is 2.58. The van der Waals surface area contributed by atoms with Crippen molar-refractivity contribution in [2.75, 3.05) is 10.6 Å². The number of rotatable bonds is 5. The van der Waals surface area contributed by atoms with E-state index >= 15 is 0 Å². The Labute approximate surface area is 169 Å². The summed E-state index contributed by atoms with van der Waals surface area (Å²) in [6.45, 7) is 3.86. The number of hydrogen-bond acceptors (Lipinski definition) is 6. The van der Waals surface area contributed by atoms with Gasteiger partial charge >= 0.3 is 0 Å². The summed E-state index contributed by atoms with van der Waals surface area (Å²) in [6, 6.07) is 7.58. The third-order valence-corrected chi connectivity index (χ3v) is 3.79. The summed E-state index contributed by atoms with van der Waals surface area (Å²) >= 11 is 0. The van der Waals surface area contributed by atoms with Crippen molar-refractivity contribution in [1.82, 2.24) is 9.97 Å². The van der Waals surface area contributed by atoms with E-state index < -0.39 is 12.1 Å². The molecule has 3 aromatic rings. The van der Waals surface area contributed by atoms with E-state index in [1.54, 1.807) is 18.2 Å². The van der Waals surface area contributed by atoms with Crippen molar-refractivity contribution >= 4 is 29.2 Å². The van der Waals surface area contributed by atoms with Gasteiger partial charge in [0.25, 0.3) is 0 Å². The molecule has 1 aromatic heterocycles. The molecule has 0 radical (unpaired) electrons. The van der Waals surface area contributed by atoms with Crippen LogP contribution in [0.4, 0.5) is 23.1 Å². The minimum absolute atomic E-state index is 0.0735. The normalized spacial score (nSPS) is 12.3. The van der Waals surface area contributed by atoms with E-state index in [0.29, 0.717) is 5.82 Å². The van der Waals surface area contributed by atoms with Gasteiger partial charge in [0.2, 0.25) is 5.95 Å². The smallest absolute Gasteiger partial charge is 0.229 e. The molecule has 136 valence electrons. The summed E-state index contributed by atoms with van der Waals surface area (Å²) in [7, 11) is 0. The SMILES string of the molecule is [2H]c1c([2H])c(Nc2nccc(Nc3c(C)cc(/C=C\C#N)cc3C)n2)c([2H])c([2H])c1C#N. The molecule has 3 rings (SSSR count). The lowest BCUT2D eigenvalue weighted by atomic mass is 10.0. The highest BCUT2D eigenvalue weighted by Gasteiger charge is 2.07. The number of aryl methyl sites for hydroxylation is 2. The Kier molecular flexibility index (Phi) is 4.23. The maximum absolute atomic E-state index is 9.08. The third-order valence-electron chi connectivity index (χ3n) is 3.79. The van der Waals surface area contributed by atoms with Gasteiger partial charge in [-0.25, -0.2) is 4.98 Å². The van der Waals surface area contributed by atoms with Crippen molar-refractivity contribution in [3.8, 4) is 12.1 Å². The molecule has 2 aromatic carbocycles. The number of nitrogens with one attached hydrogen (secondary N) is 2. The van der Waals surface area contributed by atoms with E-state index in [4.69, 9.17) is 16.0 Å². The molecule has 0 fully saturated rings. The van der Waals surface area contributed by atoms with E-state index in [0.717, 1.165) is 22.4 Å². The van der Waals surface area contributed by atoms with Crippen LogP contribution in [0.1, 0.15) is 27.7 Å². The second-order valence-electron chi connectivity index (χ2n) is 5.87. The number of benzene rings is 2. The quantitative estimate of drug-likeness (QED) is 0.614. The zero-order chi connectivity index (χ0) is 23.4. The van der Waals surface area contributed by atoms with Crippen LogP contribution in [-0.4, -0.2) is 9.97 Å². The van der Waals surface area contributed by atoms with Gasteiger partial charge in [-0.3, -0.25) is 0 Å². The molecule has 0 saturated heterocycles. The predicted molar refractivity (Wildman–Crippen MR) is 110 cm³/mol. The average Bonchev–Trinajstić information content (AvgIpc) is 2.77. The topological polar surface area (TPSA) is 97.4 Å². The first-order valence-corrected chi connectivity index (χ1v) is 8.31. The molecule has 2 N–H and O–H groups in total. The molecule has 0 aliphatic carbocycles. The first kappa shape index (κ1) is 14.0. The zero-order valence-electron chi connectivity index (χ0n) is 19.3. The van der Waals surface area contributed by atoms with Crippen LogP contribution < -0.4 is 10.6 Å². The number of aromatic nitrogens is 2. The fraction of sp³-hybridized carbons (Fsp3) is 0.0909. The van der Waals surface area contributed by atoms with Gasteiger partial charge in [0, 0.05) is 23.6 Å². The van der Waals surface area contributed by atoms with Gasteiger partial charge in [0.1, 0.15) is 5.82 Å². The van der Waals surface area contributed by atoms with E-state index in [1.165, 1.54) is 12.3 Å². The Morgan fingerprint density at radius 2 is 1.79 bits per heavy atom. The van der Waals surface area contributed by atoms with E-state index in [2.05, 4.69) is 20.6 Å². The molecule has 28 heavy (non-hydrogen) atoms. The predicted octanol–water partition coefficient (Wildman–Crippen LogP) is 4.99. The Morgan fingerprint density at radius 3 is 2.43 bits per heavy atom. The highest BCUT2D eigenvalue weighted by atomic mass is 15.1. The van der Waals surface area contributed by atoms with Crippen molar-refractivity contribution in [2.24, 2.45) is 0 Å². The maximum atomic E-state index is 9.08. The first-order valence-electron chi connectivity index (χ1n) is 10.3. The molecule has 0 bridgehead atoms. The van der Waals surface area contributed by atoms with Crippen LogP contribution in [0.15, 0.2) is 54.6 Å². The lowest BCUT2D eigenvalue weighted by Crippen LogP contribution is -2.02. The molecule has 1 heterocycles. The molecule has 6 nitrogen and oxygen atoms in total. The first-order chi connectivity index (χ1) is 15.3. The van der Waals surface area contributed by atoms with Crippen LogP contribution in [-0.2, 0) is 0 Å². The molecule has 6 heteroatoms. The summed E-state index contributed by atoms with van der Waals surface area (Å²) < 4.78 is 32.0. The summed E-state index contributed by atoms with van der Waals surface area (Å²) in [5.74, 6) is 0.530. The standard InChI is InChI=1S/C22H18N6/c1-15-12-18(4-3-10-23)13-16(2)21(15)27-20-9-11-25-22(28-20)26-19-7-5-17(14-24)6-8-19/h3-9,11-13H,1-2H3,(H2,25,26,27,28)/b4-3-/i5D,6D,7D,8D. The third kappa shape index (κ3) is 4.51.